The number of hydrogen-bond donors (Lipinski definition) is 2. The molecule has 2 rings (SSSR count). The van der Waals surface area contributed by atoms with Crippen LogP contribution in [0.3, 0.4) is 0 Å². The summed E-state index contributed by atoms with van der Waals surface area (Å²) in [5.41, 5.74) is 0.734. The van der Waals surface area contributed by atoms with Crippen molar-refractivity contribution in [3.05, 3.63) is 42.2 Å². The van der Waals surface area contributed by atoms with Crippen LogP contribution < -0.4 is 5.32 Å². The van der Waals surface area contributed by atoms with Gasteiger partial charge in [-0.15, -0.1) is 5.10 Å². The molecule has 8 nitrogen and oxygen atoms in total. The summed E-state index contributed by atoms with van der Waals surface area (Å²) < 4.78 is 1.27. The Morgan fingerprint density at radius 3 is 2.62 bits per heavy atom. The second kappa shape index (κ2) is 6.60. The number of benzene rings is 1. The number of aromatic nitrogens is 4. The molecule has 0 radical (unpaired) electrons. The van der Waals surface area contributed by atoms with E-state index in [1.807, 2.05) is 6.07 Å². The number of aliphatic carboxylic acids is 1. The largest absolute Gasteiger partial charge is 0.481 e. The highest BCUT2D eigenvalue weighted by atomic mass is 16.4. The van der Waals surface area contributed by atoms with E-state index in [-0.39, 0.29) is 12.5 Å². The number of carbonyl (C=O) groups is 2. The maximum atomic E-state index is 12.0. The summed E-state index contributed by atoms with van der Waals surface area (Å²) in [6.07, 6.45) is 1.32. The van der Waals surface area contributed by atoms with Gasteiger partial charge in [0.2, 0.25) is 5.91 Å². The third-order valence-corrected chi connectivity index (χ3v) is 3.06. The molecule has 0 fully saturated rings. The average molecular weight is 289 g/mol. The molecule has 0 saturated heterocycles. The topological polar surface area (TPSA) is 110 Å². The fourth-order valence-corrected chi connectivity index (χ4v) is 1.92. The monoisotopic (exact) mass is 289 g/mol. The number of hydrogen-bond acceptors (Lipinski definition) is 5. The van der Waals surface area contributed by atoms with Crippen molar-refractivity contribution in [1.82, 2.24) is 25.5 Å². The number of nitrogens with one attached hydrogen (secondary N) is 1. The molecule has 0 spiro atoms. The minimum absolute atomic E-state index is 0.0668. The first kappa shape index (κ1) is 14.6. The normalized spacial score (nSPS) is 13.4. The van der Waals surface area contributed by atoms with Gasteiger partial charge in [0.15, 0.2) is 0 Å². The summed E-state index contributed by atoms with van der Waals surface area (Å²) in [6.45, 7) is 1.49. The first-order valence-electron chi connectivity index (χ1n) is 6.36. The third-order valence-electron chi connectivity index (χ3n) is 3.06. The molecule has 0 aliphatic rings. The van der Waals surface area contributed by atoms with E-state index in [1.165, 1.54) is 11.0 Å². The Labute approximate surface area is 120 Å². The van der Waals surface area contributed by atoms with Crippen molar-refractivity contribution in [1.29, 1.82) is 0 Å². The maximum absolute atomic E-state index is 12.0. The van der Waals surface area contributed by atoms with Crippen molar-refractivity contribution in [3.8, 4) is 0 Å². The molecule has 21 heavy (non-hydrogen) atoms. The zero-order valence-corrected chi connectivity index (χ0v) is 11.4. The molecule has 0 aliphatic heterocycles. The first-order valence-corrected chi connectivity index (χ1v) is 6.36. The Hall–Kier alpha value is -2.77. The predicted octanol–water partition coefficient (Wildman–Crippen LogP) is 0.251. The molecule has 2 unspecified atom stereocenters. The van der Waals surface area contributed by atoms with Gasteiger partial charge in [-0.1, -0.05) is 30.3 Å². The highest BCUT2D eigenvalue weighted by Crippen LogP contribution is 2.22. The van der Waals surface area contributed by atoms with E-state index in [0.29, 0.717) is 0 Å². The van der Waals surface area contributed by atoms with E-state index in [4.69, 9.17) is 0 Å². The van der Waals surface area contributed by atoms with Crippen LogP contribution in [0, 0.1) is 5.92 Å². The first-order chi connectivity index (χ1) is 10.1. The third kappa shape index (κ3) is 3.85. The quantitative estimate of drug-likeness (QED) is 0.789. The number of tetrazole rings is 1. The summed E-state index contributed by atoms with van der Waals surface area (Å²) in [6, 6.07) is 8.36. The van der Waals surface area contributed by atoms with Gasteiger partial charge in [0, 0.05) is 0 Å². The Balaban J connectivity index is 2.12. The Morgan fingerprint density at radius 1 is 1.33 bits per heavy atom. The second-order valence-corrected chi connectivity index (χ2v) is 4.59. The van der Waals surface area contributed by atoms with Gasteiger partial charge in [-0.2, -0.15) is 0 Å². The number of carboxylic acid groups (broad SMARTS) is 1. The van der Waals surface area contributed by atoms with Gasteiger partial charge < -0.3 is 10.4 Å². The molecule has 2 N–H and O–H groups in total. The van der Waals surface area contributed by atoms with Crippen LogP contribution >= 0.6 is 0 Å². The van der Waals surface area contributed by atoms with Crippen molar-refractivity contribution >= 4 is 11.9 Å². The van der Waals surface area contributed by atoms with Gasteiger partial charge in [0.25, 0.3) is 0 Å². The molecule has 0 saturated carbocycles. The van der Waals surface area contributed by atoms with Gasteiger partial charge in [0.1, 0.15) is 12.9 Å². The summed E-state index contributed by atoms with van der Waals surface area (Å²) in [5, 5.41) is 22.4. The van der Waals surface area contributed by atoms with Crippen LogP contribution in [0.25, 0.3) is 0 Å². The van der Waals surface area contributed by atoms with Crippen molar-refractivity contribution in [2.75, 3.05) is 0 Å². The van der Waals surface area contributed by atoms with E-state index in [0.717, 1.165) is 5.56 Å². The lowest BCUT2D eigenvalue weighted by Crippen LogP contribution is -2.37. The molecule has 1 amide bonds. The highest BCUT2D eigenvalue weighted by Gasteiger charge is 2.26. The molecule has 2 aromatic rings. The zero-order valence-electron chi connectivity index (χ0n) is 11.4. The van der Waals surface area contributed by atoms with Crippen LogP contribution in [0.4, 0.5) is 0 Å². The zero-order chi connectivity index (χ0) is 15.2. The molecule has 0 aliphatic carbocycles. The molecule has 1 heterocycles. The van der Waals surface area contributed by atoms with Gasteiger partial charge in [0.05, 0.1) is 12.0 Å². The number of carbonyl (C=O) groups excluding carboxylic acids is 1. The van der Waals surface area contributed by atoms with E-state index in [9.17, 15) is 14.7 Å². The SMILES string of the molecule is CC(C(=O)O)C(NC(=O)Cn1cnnn1)c1ccccc1. The maximum Gasteiger partial charge on any atom is 0.308 e. The lowest BCUT2D eigenvalue weighted by Gasteiger charge is -2.22. The van der Waals surface area contributed by atoms with Gasteiger partial charge in [-0.25, -0.2) is 4.68 Å². The second-order valence-electron chi connectivity index (χ2n) is 4.59. The Kier molecular flexibility index (Phi) is 4.60. The van der Waals surface area contributed by atoms with Crippen molar-refractivity contribution in [2.24, 2.45) is 5.92 Å². The number of nitrogens with zero attached hydrogens (tertiary/aromatic N) is 4. The fourth-order valence-electron chi connectivity index (χ4n) is 1.92. The van der Waals surface area contributed by atoms with E-state index in [1.54, 1.807) is 31.2 Å². The smallest absolute Gasteiger partial charge is 0.308 e. The lowest BCUT2D eigenvalue weighted by atomic mass is 9.94. The van der Waals surface area contributed by atoms with E-state index >= 15 is 0 Å². The van der Waals surface area contributed by atoms with Crippen LogP contribution in [-0.2, 0) is 16.1 Å². The minimum Gasteiger partial charge on any atom is -0.481 e. The standard InChI is InChI=1S/C13H15N5O3/c1-9(13(20)21)12(10-5-3-2-4-6-10)15-11(19)7-18-8-14-16-17-18/h2-6,8-9,12H,7H2,1H3,(H,15,19)(H,20,21). The highest BCUT2D eigenvalue weighted by molar-refractivity contribution is 5.78. The number of rotatable bonds is 6. The van der Waals surface area contributed by atoms with Crippen molar-refractivity contribution < 1.29 is 14.7 Å². The van der Waals surface area contributed by atoms with E-state index in [2.05, 4.69) is 20.8 Å². The summed E-state index contributed by atoms with van der Waals surface area (Å²) >= 11 is 0. The molecular formula is C13H15N5O3. The number of carboxylic acids is 1. The lowest BCUT2D eigenvalue weighted by molar-refractivity contribution is -0.142. The van der Waals surface area contributed by atoms with Gasteiger partial charge >= 0.3 is 5.97 Å². The summed E-state index contributed by atoms with van der Waals surface area (Å²) in [5.74, 6) is -2.10. The summed E-state index contributed by atoms with van der Waals surface area (Å²) in [4.78, 5) is 23.2. The van der Waals surface area contributed by atoms with Gasteiger partial charge in [-0.05, 0) is 22.9 Å². The number of amides is 1. The molecule has 8 heteroatoms. The fraction of sp³-hybridized carbons (Fsp3) is 0.308. The van der Waals surface area contributed by atoms with Crippen molar-refractivity contribution in [3.63, 3.8) is 0 Å². The minimum atomic E-state index is -0.980. The molecule has 0 bridgehead atoms. The van der Waals surface area contributed by atoms with Crippen LogP contribution in [0.2, 0.25) is 0 Å². The Morgan fingerprint density at radius 2 is 2.05 bits per heavy atom. The Bertz CT molecular complexity index is 600. The van der Waals surface area contributed by atoms with Crippen LogP contribution in [0.5, 0.6) is 0 Å². The van der Waals surface area contributed by atoms with Crippen LogP contribution in [0.15, 0.2) is 36.7 Å². The van der Waals surface area contributed by atoms with Crippen molar-refractivity contribution in [2.45, 2.75) is 19.5 Å². The molecule has 1 aromatic heterocycles. The molecule has 2 atom stereocenters. The van der Waals surface area contributed by atoms with Crippen LogP contribution in [-0.4, -0.2) is 37.2 Å². The van der Waals surface area contributed by atoms with Crippen LogP contribution in [0.1, 0.15) is 18.5 Å². The van der Waals surface area contributed by atoms with E-state index < -0.39 is 17.9 Å². The average Bonchev–Trinajstić information content (AvgIpc) is 2.97. The van der Waals surface area contributed by atoms with Gasteiger partial charge in [-0.3, -0.25) is 9.59 Å². The molecule has 110 valence electrons. The predicted molar refractivity (Wildman–Crippen MR) is 71.9 cm³/mol. The molecule has 1 aromatic carbocycles. The molecular weight excluding hydrogens is 274 g/mol. The summed E-state index contributed by atoms with van der Waals surface area (Å²) in [7, 11) is 0.